The highest BCUT2D eigenvalue weighted by Gasteiger charge is 2.12. The molecule has 122 valence electrons. The fourth-order valence-corrected chi connectivity index (χ4v) is 2.92. The van der Waals surface area contributed by atoms with Gasteiger partial charge in [-0.15, -0.1) is 11.3 Å². The molecule has 1 aromatic carbocycles. The van der Waals surface area contributed by atoms with Gasteiger partial charge >= 0.3 is 0 Å². The fourth-order valence-electron chi connectivity index (χ4n) is 2.00. The van der Waals surface area contributed by atoms with Crippen LogP contribution in [0, 0.1) is 0 Å². The van der Waals surface area contributed by atoms with Gasteiger partial charge in [-0.25, -0.2) is 9.97 Å². The van der Waals surface area contributed by atoms with Gasteiger partial charge in [0, 0.05) is 17.1 Å². The molecule has 1 amide bonds. The quantitative estimate of drug-likeness (QED) is 0.728. The molecule has 2 heterocycles. The van der Waals surface area contributed by atoms with Crippen molar-refractivity contribution >= 4 is 34.7 Å². The molecule has 24 heavy (non-hydrogen) atoms. The number of rotatable bonds is 5. The number of ether oxygens (including phenoxy) is 1. The molecular formula is C17H14ClN3O2S. The van der Waals surface area contributed by atoms with E-state index in [-0.39, 0.29) is 5.91 Å². The first-order chi connectivity index (χ1) is 11.7. The van der Waals surface area contributed by atoms with Gasteiger partial charge in [-0.3, -0.25) is 4.79 Å². The van der Waals surface area contributed by atoms with Crippen LogP contribution in [0.25, 0.3) is 10.6 Å². The van der Waals surface area contributed by atoms with E-state index in [4.69, 9.17) is 16.3 Å². The van der Waals surface area contributed by atoms with Gasteiger partial charge in [0.2, 0.25) is 0 Å². The molecule has 0 saturated carbocycles. The van der Waals surface area contributed by atoms with Gasteiger partial charge in [0.05, 0.1) is 11.6 Å². The highest BCUT2D eigenvalue weighted by Crippen LogP contribution is 2.26. The molecule has 0 spiro atoms. The van der Waals surface area contributed by atoms with E-state index < -0.39 is 0 Å². The first kappa shape index (κ1) is 16.4. The minimum Gasteiger partial charge on any atom is -0.494 e. The SMILES string of the molecule is CCOc1ccc(-c2nc(C(=O)Nc3ccc(Cl)cn3)cs2)cc1. The number of hydrogen-bond acceptors (Lipinski definition) is 5. The molecule has 3 rings (SSSR count). The maximum atomic E-state index is 12.2. The number of hydrogen-bond donors (Lipinski definition) is 1. The average Bonchev–Trinajstić information content (AvgIpc) is 3.08. The zero-order valence-corrected chi connectivity index (χ0v) is 14.4. The normalized spacial score (nSPS) is 10.4. The van der Waals surface area contributed by atoms with Crippen molar-refractivity contribution in [3.63, 3.8) is 0 Å². The van der Waals surface area contributed by atoms with Crippen LogP contribution in [-0.2, 0) is 0 Å². The molecule has 0 saturated heterocycles. The van der Waals surface area contributed by atoms with Crippen LogP contribution in [0.15, 0.2) is 48.0 Å². The highest BCUT2D eigenvalue weighted by molar-refractivity contribution is 7.13. The summed E-state index contributed by atoms with van der Waals surface area (Å²) in [7, 11) is 0. The van der Waals surface area contributed by atoms with Crippen LogP contribution in [0.1, 0.15) is 17.4 Å². The van der Waals surface area contributed by atoms with Crippen molar-refractivity contribution in [1.82, 2.24) is 9.97 Å². The Kier molecular flexibility index (Phi) is 5.08. The number of aromatic nitrogens is 2. The van der Waals surface area contributed by atoms with Crippen LogP contribution in [0.4, 0.5) is 5.82 Å². The number of nitrogens with one attached hydrogen (secondary N) is 1. The van der Waals surface area contributed by atoms with Gasteiger partial charge in [0.15, 0.2) is 0 Å². The van der Waals surface area contributed by atoms with Gasteiger partial charge in [-0.1, -0.05) is 11.6 Å². The Bertz CT molecular complexity index is 832. The Morgan fingerprint density at radius 3 is 2.71 bits per heavy atom. The van der Waals surface area contributed by atoms with Gasteiger partial charge in [0.25, 0.3) is 5.91 Å². The lowest BCUT2D eigenvalue weighted by Crippen LogP contribution is -2.13. The molecule has 0 fully saturated rings. The highest BCUT2D eigenvalue weighted by atomic mass is 35.5. The summed E-state index contributed by atoms with van der Waals surface area (Å²) in [6.07, 6.45) is 1.48. The summed E-state index contributed by atoms with van der Waals surface area (Å²) in [5.41, 5.74) is 1.28. The van der Waals surface area contributed by atoms with Gasteiger partial charge in [-0.2, -0.15) is 0 Å². The monoisotopic (exact) mass is 359 g/mol. The van der Waals surface area contributed by atoms with Crippen LogP contribution in [0.3, 0.4) is 0 Å². The second kappa shape index (κ2) is 7.42. The number of thiazole rings is 1. The van der Waals surface area contributed by atoms with Crippen molar-refractivity contribution < 1.29 is 9.53 Å². The fraction of sp³-hybridized carbons (Fsp3) is 0.118. The predicted molar refractivity (Wildman–Crippen MR) is 95.9 cm³/mol. The summed E-state index contributed by atoms with van der Waals surface area (Å²) < 4.78 is 5.42. The largest absolute Gasteiger partial charge is 0.494 e. The average molecular weight is 360 g/mol. The maximum Gasteiger partial charge on any atom is 0.276 e. The Morgan fingerprint density at radius 2 is 2.04 bits per heavy atom. The second-order valence-corrected chi connectivity index (χ2v) is 6.11. The Labute approximate surface area is 148 Å². The van der Waals surface area contributed by atoms with Gasteiger partial charge < -0.3 is 10.1 Å². The Hall–Kier alpha value is -2.44. The molecule has 0 bridgehead atoms. The number of halogens is 1. The van der Waals surface area contributed by atoms with Crippen LogP contribution >= 0.6 is 22.9 Å². The van der Waals surface area contributed by atoms with Crippen molar-refractivity contribution in [1.29, 1.82) is 0 Å². The number of nitrogens with zero attached hydrogens (tertiary/aromatic N) is 2. The van der Waals surface area contributed by atoms with Crippen molar-refractivity contribution in [2.45, 2.75) is 6.92 Å². The lowest BCUT2D eigenvalue weighted by Gasteiger charge is -2.03. The number of carbonyl (C=O) groups excluding carboxylic acids is 1. The molecule has 0 atom stereocenters. The third-order valence-corrected chi connectivity index (χ3v) is 4.23. The van der Waals surface area contributed by atoms with E-state index in [2.05, 4.69) is 15.3 Å². The maximum absolute atomic E-state index is 12.2. The predicted octanol–water partition coefficient (Wildman–Crippen LogP) is 4.51. The molecular weight excluding hydrogens is 346 g/mol. The van der Waals surface area contributed by atoms with Gasteiger partial charge in [-0.05, 0) is 43.3 Å². The molecule has 0 aliphatic heterocycles. The van der Waals surface area contributed by atoms with Crippen LogP contribution in [0.5, 0.6) is 5.75 Å². The van der Waals surface area contributed by atoms with Crippen molar-refractivity contribution in [2.75, 3.05) is 11.9 Å². The number of pyridine rings is 1. The van der Waals surface area contributed by atoms with E-state index in [1.54, 1.807) is 17.5 Å². The summed E-state index contributed by atoms with van der Waals surface area (Å²) in [6.45, 7) is 2.56. The molecule has 0 radical (unpaired) electrons. The summed E-state index contributed by atoms with van der Waals surface area (Å²) >= 11 is 7.18. The first-order valence-corrected chi connectivity index (χ1v) is 8.53. The standard InChI is InChI=1S/C17H14ClN3O2S/c1-2-23-13-6-3-11(4-7-13)17-20-14(10-24-17)16(22)21-15-8-5-12(18)9-19-15/h3-10H,2H2,1H3,(H,19,21,22). The summed E-state index contributed by atoms with van der Waals surface area (Å²) in [4.78, 5) is 20.6. The van der Waals surface area contributed by atoms with Crippen molar-refractivity contribution in [3.8, 4) is 16.3 Å². The molecule has 2 aromatic heterocycles. The van der Waals surface area contributed by atoms with E-state index in [9.17, 15) is 4.79 Å². The van der Waals surface area contributed by atoms with Crippen LogP contribution in [-0.4, -0.2) is 22.5 Å². The number of benzene rings is 1. The lowest BCUT2D eigenvalue weighted by molar-refractivity contribution is 0.102. The van der Waals surface area contributed by atoms with E-state index in [0.29, 0.717) is 23.1 Å². The minimum atomic E-state index is -0.307. The molecule has 0 unspecified atom stereocenters. The zero-order chi connectivity index (χ0) is 16.9. The Balaban J connectivity index is 1.72. The van der Waals surface area contributed by atoms with E-state index in [1.807, 2.05) is 31.2 Å². The van der Waals surface area contributed by atoms with E-state index in [0.717, 1.165) is 16.3 Å². The topological polar surface area (TPSA) is 64.1 Å². The number of anilines is 1. The molecule has 3 aromatic rings. The minimum absolute atomic E-state index is 0.307. The third kappa shape index (κ3) is 3.90. The molecule has 0 aliphatic rings. The van der Waals surface area contributed by atoms with Crippen LogP contribution in [0.2, 0.25) is 5.02 Å². The Morgan fingerprint density at radius 1 is 1.25 bits per heavy atom. The molecule has 5 nitrogen and oxygen atoms in total. The number of amides is 1. The van der Waals surface area contributed by atoms with Gasteiger partial charge in [0.1, 0.15) is 22.3 Å². The van der Waals surface area contributed by atoms with Crippen molar-refractivity contribution in [3.05, 3.63) is 58.7 Å². The van der Waals surface area contributed by atoms with E-state index in [1.165, 1.54) is 17.5 Å². The lowest BCUT2D eigenvalue weighted by atomic mass is 10.2. The zero-order valence-electron chi connectivity index (χ0n) is 12.8. The molecule has 0 aliphatic carbocycles. The first-order valence-electron chi connectivity index (χ1n) is 7.27. The van der Waals surface area contributed by atoms with E-state index >= 15 is 0 Å². The smallest absolute Gasteiger partial charge is 0.276 e. The molecule has 1 N–H and O–H groups in total. The summed E-state index contributed by atoms with van der Waals surface area (Å²) in [5, 5.41) is 5.69. The third-order valence-electron chi connectivity index (χ3n) is 3.12. The summed E-state index contributed by atoms with van der Waals surface area (Å²) in [5.74, 6) is 0.933. The number of carbonyl (C=O) groups is 1. The second-order valence-electron chi connectivity index (χ2n) is 4.81. The van der Waals surface area contributed by atoms with Crippen LogP contribution < -0.4 is 10.1 Å². The van der Waals surface area contributed by atoms with Crippen molar-refractivity contribution in [2.24, 2.45) is 0 Å². The molecule has 7 heteroatoms. The summed E-state index contributed by atoms with van der Waals surface area (Å²) in [6, 6.07) is 10.9.